The van der Waals surface area contributed by atoms with Gasteiger partial charge in [-0.2, -0.15) is 11.8 Å². The van der Waals surface area contributed by atoms with Crippen LogP contribution in [0.15, 0.2) is 0 Å². The molecule has 0 amide bonds. The van der Waals surface area contributed by atoms with Gasteiger partial charge in [0.05, 0.1) is 17.0 Å². The molecule has 1 fully saturated rings. The van der Waals surface area contributed by atoms with Crippen molar-refractivity contribution >= 4 is 23.1 Å². The Morgan fingerprint density at radius 1 is 1.27 bits per heavy atom. The van der Waals surface area contributed by atoms with Crippen LogP contribution in [0.25, 0.3) is 0 Å². The molecular weight excluding hydrogens is 226 g/mol. The summed E-state index contributed by atoms with van der Waals surface area (Å²) in [5, 5.41) is 11.7. The molecule has 4 heteroatoms. The number of fused-ring (bicyclic) bond motifs is 1. The number of rotatable bonds is 1. The highest BCUT2D eigenvalue weighted by Crippen LogP contribution is 2.44. The van der Waals surface area contributed by atoms with Crippen LogP contribution in [-0.2, 0) is 6.42 Å². The zero-order chi connectivity index (χ0) is 10.3. The van der Waals surface area contributed by atoms with E-state index in [2.05, 4.69) is 4.98 Å². The number of aryl methyl sites for hydroxylation is 1. The molecule has 0 saturated carbocycles. The Kier molecular flexibility index (Phi) is 2.75. The highest BCUT2D eigenvalue weighted by Gasteiger charge is 2.27. The predicted octanol–water partition coefficient (Wildman–Crippen LogP) is 3.08. The van der Waals surface area contributed by atoms with Crippen molar-refractivity contribution in [3.63, 3.8) is 0 Å². The number of hydrogen-bond acceptors (Lipinski definition) is 4. The fourth-order valence-electron chi connectivity index (χ4n) is 2.32. The Balaban J connectivity index is 1.90. The van der Waals surface area contributed by atoms with E-state index in [0.29, 0.717) is 5.25 Å². The van der Waals surface area contributed by atoms with Gasteiger partial charge >= 0.3 is 0 Å². The van der Waals surface area contributed by atoms with Crippen molar-refractivity contribution < 1.29 is 5.11 Å². The van der Waals surface area contributed by atoms with E-state index in [1.54, 1.807) is 0 Å². The van der Waals surface area contributed by atoms with Crippen LogP contribution in [0.3, 0.4) is 0 Å². The second kappa shape index (κ2) is 4.07. The molecule has 0 radical (unpaired) electrons. The van der Waals surface area contributed by atoms with Crippen LogP contribution >= 0.6 is 23.1 Å². The van der Waals surface area contributed by atoms with Crippen molar-refractivity contribution in [3.8, 4) is 0 Å². The molecule has 2 unspecified atom stereocenters. The van der Waals surface area contributed by atoms with Gasteiger partial charge in [-0.15, -0.1) is 11.3 Å². The maximum Gasteiger partial charge on any atom is 0.106 e. The molecule has 2 atom stereocenters. The molecule has 1 saturated heterocycles. The molecule has 0 bridgehead atoms. The van der Waals surface area contributed by atoms with Gasteiger partial charge in [-0.05, 0) is 37.9 Å². The van der Waals surface area contributed by atoms with Crippen LogP contribution in [0.5, 0.6) is 0 Å². The minimum atomic E-state index is -0.287. The Labute approximate surface area is 98.1 Å². The van der Waals surface area contributed by atoms with Crippen LogP contribution in [-0.4, -0.2) is 15.8 Å². The van der Waals surface area contributed by atoms with Gasteiger partial charge in [0.2, 0.25) is 0 Å². The summed E-state index contributed by atoms with van der Waals surface area (Å²) >= 11 is 3.87. The lowest BCUT2D eigenvalue weighted by atomic mass is 10.0. The van der Waals surface area contributed by atoms with E-state index in [9.17, 15) is 5.11 Å². The zero-order valence-corrected chi connectivity index (χ0v) is 10.2. The second-order valence-corrected chi connectivity index (χ2v) is 6.70. The summed E-state index contributed by atoms with van der Waals surface area (Å²) in [5.74, 6) is 1.28. The average Bonchev–Trinajstić information content (AvgIpc) is 2.86. The molecule has 1 aromatic rings. The summed E-state index contributed by atoms with van der Waals surface area (Å²) in [6.45, 7) is 0. The fraction of sp³-hybridized carbons (Fsp3) is 0.727. The number of nitrogens with zero attached hydrogens (tertiary/aromatic N) is 1. The van der Waals surface area contributed by atoms with Gasteiger partial charge in [0, 0.05) is 4.88 Å². The van der Waals surface area contributed by atoms with Gasteiger partial charge in [-0.25, -0.2) is 4.98 Å². The predicted molar refractivity (Wildman–Crippen MR) is 64.4 cm³/mol. The van der Waals surface area contributed by atoms with Crippen molar-refractivity contribution in [1.82, 2.24) is 4.98 Å². The Morgan fingerprint density at radius 2 is 2.20 bits per heavy atom. The topological polar surface area (TPSA) is 33.1 Å². The van der Waals surface area contributed by atoms with Gasteiger partial charge in [-0.3, -0.25) is 0 Å². The number of aliphatic hydroxyl groups excluding tert-OH is 1. The van der Waals surface area contributed by atoms with Crippen LogP contribution in [0, 0.1) is 0 Å². The number of hydrogen-bond donors (Lipinski definition) is 1. The van der Waals surface area contributed by atoms with E-state index >= 15 is 0 Å². The molecule has 2 nitrogen and oxygen atoms in total. The highest BCUT2D eigenvalue weighted by molar-refractivity contribution is 7.99. The van der Waals surface area contributed by atoms with Gasteiger partial charge in [0.15, 0.2) is 0 Å². The Hall–Kier alpha value is -0.0600. The van der Waals surface area contributed by atoms with E-state index in [1.807, 2.05) is 23.1 Å². The molecule has 1 aromatic heterocycles. The SMILES string of the molecule is OC1CCCc2sc(C3CCCS3)nc21. The molecule has 0 aromatic carbocycles. The lowest BCUT2D eigenvalue weighted by Crippen LogP contribution is -2.07. The van der Waals surface area contributed by atoms with E-state index in [1.165, 1.54) is 28.5 Å². The summed E-state index contributed by atoms with van der Waals surface area (Å²) < 4.78 is 0. The first-order chi connectivity index (χ1) is 7.34. The molecule has 1 aliphatic carbocycles. The van der Waals surface area contributed by atoms with Gasteiger partial charge in [0.1, 0.15) is 5.01 Å². The lowest BCUT2D eigenvalue weighted by molar-refractivity contribution is 0.153. The standard InChI is InChI=1S/C11H15NOS2/c13-7-3-1-4-8-10(7)12-11(15-8)9-5-2-6-14-9/h7,9,13H,1-6H2. The highest BCUT2D eigenvalue weighted by atomic mass is 32.2. The lowest BCUT2D eigenvalue weighted by Gasteiger charge is -2.14. The first-order valence-corrected chi connectivity index (χ1v) is 7.50. The minimum absolute atomic E-state index is 0.287. The normalized spacial score (nSPS) is 30.5. The van der Waals surface area contributed by atoms with Gasteiger partial charge in [-0.1, -0.05) is 0 Å². The number of thioether (sulfide) groups is 1. The first-order valence-electron chi connectivity index (χ1n) is 5.64. The third-order valence-electron chi connectivity index (χ3n) is 3.15. The molecule has 2 aliphatic rings. The molecule has 3 rings (SSSR count). The van der Waals surface area contributed by atoms with Crippen LogP contribution in [0.2, 0.25) is 0 Å². The average molecular weight is 241 g/mol. The van der Waals surface area contributed by atoms with Crippen LogP contribution in [0.4, 0.5) is 0 Å². The van der Waals surface area contributed by atoms with Crippen molar-refractivity contribution in [2.24, 2.45) is 0 Å². The van der Waals surface area contributed by atoms with Crippen LogP contribution < -0.4 is 0 Å². The molecule has 15 heavy (non-hydrogen) atoms. The number of aromatic nitrogens is 1. The fourth-order valence-corrected chi connectivity index (χ4v) is 5.00. The van der Waals surface area contributed by atoms with Crippen molar-refractivity contribution in [2.45, 2.75) is 43.5 Å². The first kappa shape index (κ1) is 10.1. The Morgan fingerprint density at radius 3 is 2.93 bits per heavy atom. The summed E-state index contributed by atoms with van der Waals surface area (Å²) in [6, 6.07) is 0. The van der Waals surface area contributed by atoms with E-state index < -0.39 is 0 Å². The number of aliphatic hydroxyl groups is 1. The van der Waals surface area contributed by atoms with E-state index in [0.717, 1.165) is 25.0 Å². The molecule has 0 spiro atoms. The minimum Gasteiger partial charge on any atom is -0.387 e. The summed E-state index contributed by atoms with van der Waals surface area (Å²) in [4.78, 5) is 6.01. The maximum absolute atomic E-state index is 9.85. The zero-order valence-electron chi connectivity index (χ0n) is 8.61. The Bertz CT molecular complexity index is 357. The summed E-state index contributed by atoms with van der Waals surface area (Å²) in [5.41, 5.74) is 0.994. The monoisotopic (exact) mass is 241 g/mol. The van der Waals surface area contributed by atoms with Crippen molar-refractivity contribution in [1.29, 1.82) is 0 Å². The quantitative estimate of drug-likeness (QED) is 0.820. The molecule has 1 N–H and O–H groups in total. The summed E-state index contributed by atoms with van der Waals surface area (Å²) in [6.07, 6.45) is 5.45. The van der Waals surface area contributed by atoms with Crippen molar-refractivity contribution in [3.05, 3.63) is 15.6 Å². The number of thiazole rings is 1. The molecular formula is C11H15NOS2. The van der Waals surface area contributed by atoms with Crippen LogP contribution in [0.1, 0.15) is 52.6 Å². The maximum atomic E-state index is 9.85. The van der Waals surface area contributed by atoms with Gasteiger partial charge in [0.25, 0.3) is 0 Å². The summed E-state index contributed by atoms with van der Waals surface area (Å²) in [7, 11) is 0. The van der Waals surface area contributed by atoms with E-state index in [-0.39, 0.29) is 6.10 Å². The third-order valence-corrected chi connectivity index (χ3v) is 5.93. The van der Waals surface area contributed by atoms with E-state index in [4.69, 9.17) is 0 Å². The molecule has 82 valence electrons. The van der Waals surface area contributed by atoms with Crippen molar-refractivity contribution in [2.75, 3.05) is 5.75 Å². The molecule has 1 aliphatic heterocycles. The molecule has 2 heterocycles. The second-order valence-electron chi connectivity index (χ2n) is 4.27. The third kappa shape index (κ3) is 1.83. The smallest absolute Gasteiger partial charge is 0.106 e. The largest absolute Gasteiger partial charge is 0.387 e. The van der Waals surface area contributed by atoms with Gasteiger partial charge < -0.3 is 5.11 Å².